The summed E-state index contributed by atoms with van der Waals surface area (Å²) in [5.41, 5.74) is 6.49. The molecule has 0 amide bonds. The van der Waals surface area contributed by atoms with Gasteiger partial charge in [0.1, 0.15) is 0 Å². The van der Waals surface area contributed by atoms with E-state index in [-0.39, 0.29) is 0 Å². The molecule has 0 aromatic rings. The molecule has 3 nitrogen and oxygen atoms in total. The van der Waals surface area contributed by atoms with Crippen LogP contribution in [0.15, 0.2) is 0 Å². The molecule has 0 saturated heterocycles. The first-order valence-electron chi connectivity index (χ1n) is 6.50. The van der Waals surface area contributed by atoms with Gasteiger partial charge in [-0.15, -0.1) is 0 Å². The second kappa shape index (κ2) is 5.99. The molecule has 1 saturated carbocycles. The van der Waals surface area contributed by atoms with E-state index in [0.717, 1.165) is 19.7 Å². The van der Waals surface area contributed by atoms with Gasteiger partial charge in [0.2, 0.25) is 0 Å². The van der Waals surface area contributed by atoms with Gasteiger partial charge in [-0.25, -0.2) is 0 Å². The lowest BCUT2D eigenvalue weighted by Gasteiger charge is -2.33. The van der Waals surface area contributed by atoms with Crippen molar-refractivity contribution in [1.82, 2.24) is 4.90 Å². The van der Waals surface area contributed by atoms with Crippen LogP contribution in [0.5, 0.6) is 0 Å². The van der Waals surface area contributed by atoms with Crippen molar-refractivity contribution in [2.45, 2.75) is 52.2 Å². The predicted octanol–water partition coefficient (Wildman–Crippen LogP) is 1.86. The van der Waals surface area contributed by atoms with Gasteiger partial charge in [-0.2, -0.15) is 0 Å². The zero-order valence-corrected chi connectivity index (χ0v) is 11.3. The standard InChI is InChI=1S/C13H28N2O/c1-11(2)16-9-8-15(4)10-13(3)7-5-6-12(13)14/h11-12H,5-10,14H2,1-4H3. The van der Waals surface area contributed by atoms with Gasteiger partial charge in [-0.3, -0.25) is 0 Å². The van der Waals surface area contributed by atoms with Gasteiger partial charge in [0.15, 0.2) is 0 Å². The van der Waals surface area contributed by atoms with E-state index in [1.807, 2.05) is 0 Å². The molecule has 16 heavy (non-hydrogen) atoms. The fourth-order valence-electron chi connectivity index (χ4n) is 2.60. The van der Waals surface area contributed by atoms with E-state index >= 15 is 0 Å². The number of nitrogens with two attached hydrogens (primary N) is 1. The van der Waals surface area contributed by atoms with Gasteiger partial charge in [0.05, 0.1) is 12.7 Å². The third-order valence-corrected chi connectivity index (χ3v) is 3.71. The minimum Gasteiger partial charge on any atom is -0.377 e. The maximum Gasteiger partial charge on any atom is 0.0596 e. The Kier molecular flexibility index (Phi) is 5.22. The second-order valence-electron chi connectivity index (χ2n) is 5.81. The molecule has 0 radical (unpaired) electrons. The Morgan fingerprint density at radius 3 is 2.69 bits per heavy atom. The van der Waals surface area contributed by atoms with Crippen LogP contribution in [0.1, 0.15) is 40.0 Å². The average molecular weight is 228 g/mol. The Labute approximate surface area is 100 Å². The number of rotatable bonds is 6. The van der Waals surface area contributed by atoms with E-state index in [2.05, 4.69) is 32.7 Å². The van der Waals surface area contributed by atoms with Crippen molar-refractivity contribution < 1.29 is 4.74 Å². The Morgan fingerprint density at radius 2 is 2.19 bits per heavy atom. The quantitative estimate of drug-likeness (QED) is 0.754. The van der Waals surface area contributed by atoms with Crippen LogP contribution in [-0.4, -0.2) is 43.8 Å². The van der Waals surface area contributed by atoms with Crippen LogP contribution in [0.25, 0.3) is 0 Å². The van der Waals surface area contributed by atoms with Gasteiger partial charge in [0, 0.05) is 19.1 Å². The summed E-state index contributed by atoms with van der Waals surface area (Å²) in [5, 5.41) is 0. The summed E-state index contributed by atoms with van der Waals surface area (Å²) in [5.74, 6) is 0. The number of hydrogen-bond donors (Lipinski definition) is 1. The summed E-state index contributed by atoms with van der Waals surface area (Å²) in [6, 6.07) is 0.376. The van der Waals surface area contributed by atoms with E-state index in [0.29, 0.717) is 17.6 Å². The lowest BCUT2D eigenvalue weighted by molar-refractivity contribution is 0.0548. The van der Waals surface area contributed by atoms with Crippen LogP contribution in [-0.2, 0) is 4.74 Å². The van der Waals surface area contributed by atoms with E-state index in [9.17, 15) is 0 Å². The Balaban J connectivity index is 2.25. The molecule has 2 N–H and O–H groups in total. The predicted molar refractivity (Wildman–Crippen MR) is 68.5 cm³/mol. The summed E-state index contributed by atoms with van der Waals surface area (Å²) in [6.07, 6.45) is 4.07. The topological polar surface area (TPSA) is 38.5 Å². The van der Waals surface area contributed by atoms with Crippen molar-refractivity contribution in [1.29, 1.82) is 0 Å². The number of likely N-dealkylation sites (N-methyl/N-ethyl adjacent to an activating group) is 1. The van der Waals surface area contributed by atoms with E-state index in [1.165, 1.54) is 19.3 Å². The maximum atomic E-state index is 6.18. The highest BCUT2D eigenvalue weighted by Crippen LogP contribution is 2.36. The van der Waals surface area contributed by atoms with Crippen LogP contribution in [0.4, 0.5) is 0 Å². The minimum atomic E-state index is 0.312. The summed E-state index contributed by atoms with van der Waals surface area (Å²) in [7, 11) is 2.17. The van der Waals surface area contributed by atoms with Crippen molar-refractivity contribution in [3.8, 4) is 0 Å². The molecular weight excluding hydrogens is 200 g/mol. The first kappa shape index (κ1) is 13.9. The lowest BCUT2D eigenvalue weighted by atomic mass is 9.85. The van der Waals surface area contributed by atoms with Gasteiger partial charge in [0.25, 0.3) is 0 Å². The first-order chi connectivity index (χ1) is 7.44. The largest absolute Gasteiger partial charge is 0.377 e. The van der Waals surface area contributed by atoms with Gasteiger partial charge >= 0.3 is 0 Å². The molecular formula is C13H28N2O. The minimum absolute atomic E-state index is 0.312. The second-order valence-corrected chi connectivity index (χ2v) is 5.81. The summed E-state index contributed by atoms with van der Waals surface area (Å²) >= 11 is 0. The van der Waals surface area contributed by atoms with Gasteiger partial charge in [-0.05, 0) is 39.2 Å². The molecule has 0 aromatic carbocycles. The van der Waals surface area contributed by atoms with E-state index in [4.69, 9.17) is 10.5 Å². The van der Waals surface area contributed by atoms with Crippen molar-refractivity contribution in [2.75, 3.05) is 26.7 Å². The molecule has 0 aliphatic heterocycles. The van der Waals surface area contributed by atoms with Crippen molar-refractivity contribution in [3.05, 3.63) is 0 Å². The zero-order valence-electron chi connectivity index (χ0n) is 11.3. The van der Waals surface area contributed by atoms with Crippen molar-refractivity contribution in [3.63, 3.8) is 0 Å². The molecule has 0 heterocycles. The Hall–Kier alpha value is -0.120. The molecule has 0 spiro atoms. The molecule has 1 fully saturated rings. The highest BCUT2D eigenvalue weighted by Gasteiger charge is 2.36. The fraction of sp³-hybridized carbons (Fsp3) is 1.00. The third-order valence-electron chi connectivity index (χ3n) is 3.71. The molecule has 0 aromatic heterocycles. The Morgan fingerprint density at radius 1 is 1.50 bits per heavy atom. The molecule has 1 aliphatic rings. The van der Waals surface area contributed by atoms with Crippen LogP contribution in [0, 0.1) is 5.41 Å². The summed E-state index contributed by atoms with van der Waals surface area (Å²) < 4.78 is 5.56. The molecule has 1 rings (SSSR count). The number of hydrogen-bond acceptors (Lipinski definition) is 3. The number of nitrogens with zero attached hydrogens (tertiary/aromatic N) is 1. The molecule has 96 valence electrons. The zero-order chi connectivity index (χ0) is 12.2. The smallest absolute Gasteiger partial charge is 0.0596 e. The summed E-state index contributed by atoms with van der Waals surface area (Å²) in [6.45, 7) is 9.39. The molecule has 0 bridgehead atoms. The SMILES string of the molecule is CC(C)OCCN(C)CC1(C)CCCC1N. The van der Waals surface area contributed by atoms with E-state index < -0.39 is 0 Å². The Bertz CT molecular complexity index is 208. The highest BCUT2D eigenvalue weighted by atomic mass is 16.5. The maximum absolute atomic E-state index is 6.18. The summed E-state index contributed by atoms with van der Waals surface area (Å²) in [4.78, 5) is 2.35. The highest BCUT2D eigenvalue weighted by molar-refractivity contribution is 4.93. The molecule has 3 heteroatoms. The van der Waals surface area contributed by atoms with Crippen LogP contribution < -0.4 is 5.73 Å². The van der Waals surface area contributed by atoms with Gasteiger partial charge < -0.3 is 15.4 Å². The average Bonchev–Trinajstić information content (AvgIpc) is 2.46. The monoisotopic (exact) mass is 228 g/mol. The van der Waals surface area contributed by atoms with Crippen molar-refractivity contribution >= 4 is 0 Å². The molecule has 2 unspecified atom stereocenters. The van der Waals surface area contributed by atoms with Crippen LogP contribution in [0.2, 0.25) is 0 Å². The number of ether oxygens (including phenoxy) is 1. The van der Waals surface area contributed by atoms with Gasteiger partial charge in [-0.1, -0.05) is 13.3 Å². The third kappa shape index (κ3) is 4.04. The van der Waals surface area contributed by atoms with Crippen molar-refractivity contribution in [2.24, 2.45) is 11.1 Å². The van der Waals surface area contributed by atoms with Crippen LogP contribution in [0.3, 0.4) is 0 Å². The fourth-order valence-corrected chi connectivity index (χ4v) is 2.60. The lowest BCUT2D eigenvalue weighted by Crippen LogP contribution is -2.43. The van der Waals surface area contributed by atoms with E-state index in [1.54, 1.807) is 0 Å². The first-order valence-corrected chi connectivity index (χ1v) is 6.50. The molecule has 2 atom stereocenters. The molecule has 1 aliphatic carbocycles. The van der Waals surface area contributed by atoms with Crippen LogP contribution >= 0.6 is 0 Å². The normalized spacial score (nSPS) is 30.6.